The second-order valence-corrected chi connectivity index (χ2v) is 10.4. The maximum absolute atomic E-state index is 13.2. The van der Waals surface area contributed by atoms with Crippen LogP contribution in [-0.2, 0) is 21.3 Å². The summed E-state index contributed by atoms with van der Waals surface area (Å²) in [6.45, 7) is 1.14. The van der Waals surface area contributed by atoms with E-state index in [-0.39, 0.29) is 31.6 Å². The summed E-state index contributed by atoms with van der Waals surface area (Å²) in [4.78, 5) is 18.7. The number of pyridine rings is 1. The highest BCUT2D eigenvalue weighted by atomic mass is 35.5. The van der Waals surface area contributed by atoms with Gasteiger partial charge in [-0.2, -0.15) is 4.31 Å². The Balaban J connectivity index is 1.40. The maximum atomic E-state index is 13.2. The van der Waals surface area contributed by atoms with Crippen LogP contribution in [0.25, 0.3) is 0 Å². The highest BCUT2D eigenvalue weighted by Crippen LogP contribution is 2.47. The molecule has 0 saturated carbocycles. The van der Waals surface area contributed by atoms with Gasteiger partial charge < -0.3 is 9.64 Å². The molecule has 0 N–H and O–H groups in total. The Hall–Kier alpha value is -2.00. The fourth-order valence-electron chi connectivity index (χ4n) is 4.69. The topological polar surface area (TPSA) is 79.8 Å². The number of carbonyl (C=O) groups excluding carboxylic acids is 1. The minimum atomic E-state index is -3.53. The number of nitrogens with zero attached hydrogens (tertiary/aromatic N) is 3. The molecule has 3 fully saturated rings. The van der Waals surface area contributed by atoms with E-state index in [0.29, 0.717) is 23.7 Å². The third kappa shape index (κ3) is 3.15. The van der Waals surface area contributed by atoms with Crippen molar-refractivity contribution in [2.24, 2.45) is 0 Å². The van der Waals surface area contributed by atoms with Gasteiger partial charge in [0.2, 0.25) is 10.0 Å². The largest absolute Gasteiger partial charge is 0.365 e. The van der Waals surface area contributed by atoms with E-state index in [1.807, 2.05) is 12.1 Å². The molecule has 29 heavy (non-hydrogen) atoms. The van der Waals surface area contributed by atoms with Crippen LogP contribution in [-0.4, -0.2) is 65.1 Å². The van der Waals surface area contributed by atoms with Gasteiger partial charge in [-0.25, -0.2) is 8.42 Å². The van der Waals surface area contributed by atoms with Gasteiger partial charge in [0.15, 0.2) is 0 Å². The van der Waals surface area contributed by atoms with E-state index in [0.717, 1.165) is 5.56 Å². The van der Waals surface area contributed by atoms with Crippen molar-refractivity contribution in [3.8, 4) is 0 Å². The lowest BCUT2D eigenvalue weighted by Gasteiger charge is -2.39. The highest BCUT2D eigenvalue weighted by Gasteiger charge is 2.65. The predicted molar refractivity (Wildman–Crippen MR) is 107 cm³/mol. The maximum Gasteiger partial charge on any atom is 0.272 e. The summed E-state index contributed by atoms with van der Waals surface area (Å²) in [6.07, 6.45) is 1.72. The number of sulfonamides is 1. The minimum absolute atomic E-state index is 0.188. The lowest BCUT2D eigenvalue weighted by atomic mass is 9.99. The molecule has 9 heteroatoms. The zero-order chi connectivity index (χ0) is 20.2. The van der Waals surface area contributed by atoms with Crippen LogP contribution in [0.2, 0.25) is 5.02 Å². The lowest BCUT2D eigenvalue weighted by Crippen LogP contribution is -2.56. The van der Waals surface area contributed by atoms with Crippen LogP contribution in [0.3, 0.4) is 0 Å². The van der Waals surface area contributed by atoms with Crippen molar-refractivity contribution in [2.45, 2.75) is 29.9 Å². The molecule has 3 aliphatic heterocycles. The number of carbonyl (C=O) groups is 1. The van der Waals surface area contributed by atoms with Gasteiger partial charge in [-0.1, -0.05) is 29.8 Å². The van der Waals surface area contributed by atoms with E-state index < -0.39 is 20.9 Å². The molecule has 0 unspecified atom stereocenters. The molecule has 152 valence electrons. The summed E-state index contributed by atoms with van der Waals surface area (Å²) in [6, 6.07) is 12.3. The molecule has 2 bridgehead atoms. The molecule has 1 aromatic heterocycles. The molecule has 2 aromatic rings. The Morgan fingerprint density at radius 3 is 2.72 bits per heavy atom. The van der Waals surface area contributed by atoms with Crippen LogP contribution < -0.4 is 0 Å². The predicted octanol–water partition coefficient (Wildman–Crippen LogP) is 1.93. The average molecular weight is 434 g/mol. The molecule has 1 aromatic carbocycles. The first-order valence-electron chi connectivity index (χ1n) is 9.49. The van der Waals surface area contributed by atoms with Crippen molar-refractivity contribution in [1.29, 1.82) is 0 Å². The Kier molecular flexibility index (Phi) is 4.43. The molecule has 3 saturated heterocycles. The van der Waals surface area contributed by atoms with E-state index in [1.54, 1.807) is 41.4 Å². The number of amides is 1. The van der Waals surface area contributed by atoms with Crippen LogP contribution in [0.4, 0.5) is 0 Å². The molecule has 0 aliphatic carbocycles. The number of aromatic nitrogens is 1. The lowest BCUT2D eigenvalue weighted by molar-refractivity contribution is -0.0981. The smallest absolute Gasteiger partial charge is 0.272 e. The molecule has 4 heterocycles. The zero-order valence-corrected chi connectivity index (χ0v) is 17.1. The van der Waals surface area contributed by atoms with Crippen LogP contribution in [0.1, 0.15) is 22.5 Å². The average Bonchev–Trinajstić information content (AvgIpc) is 3.09. The van der Waals surface area contributed by atoms with Gasteiger partial charge in [-0.3, -0.25) is 9.78 Å². The molecule has 5 rings (SSSR count). The van der Waals surface area contributed by atoms with E-state index in [1.165, 1.54) is 4.31 Å². The summed E-state index contributed by atoms with van der Waals surface area (Å²) >= 11 is 5.93. The normalized spacial score (nSPS) is 30.3. The van der Waals surface area contributed by atoms with Gasteiger partial charge in [-0.15, -0.1) is 0 Å². The summed E-state index contributed by atoms with van der Waals surface area (Å²) in [5.74, 6) is -0.188. The van der Waals surface area contributed by atoms with Gasteiger partial charge in [-0.05, 0) is 36.2 Å². The number of rotatable bonds is 3. The van der Waals surface area contributed by atoms with Gasteiger partial charge in [0.25, 0.3) is 5.91 Å². The molecule has 1 amide bonds. The Morgan fingerprint density at radius 2 is 2.00 bits per heavy atom. The molecule has 3 aliphatic rings. The Labute approximate surface area is 174 Å². The van der Waals surface area contributed by atoms with Crippen LogP contribution in [0, 0.1) is 0 Å². The summed E-state index contributed by atoms with van der Waals surface area (Å²) in [5, 5.41) is -0.0237. The number of morpholine rings is 1. The van der Waals surface area contributed by atoms with Crippen LogP contribution in [0.15, 0.2) is 48.7 Å². The number of ether oxygens (including phenoxy) is 1. The van der Waals surface area contributed by atoms with E-state index >= 15 is 0 Å². The quantitative estimate of drug-likeness (QED) is 0.739. The fraction of sp³-hybridized carbons (Fsp3) is 0.400. The van der Waals surface area contributed by atoms with Crippen molar-refractivity contribution in [3.05, 3.63) is 64.9 Å². The Bertz CT molecular complexity index is 1050. The van der Waals surface area contributed by atoms with Crippen molar-refractivity contribution < 1.29 is 17.9 Å². The fourth-order valence-corrected chi connectivity index (χ4v) is 7.11. The van der Waals surface area contributed by atoms with Crippen molar-refractivity contribution in [2.75, 3.05) is 19.6 Å². The number of benzene rings is 1. The van der Waals surface area contributed by atoms with Crippen molar-refractivity contribution in [1.82, 2.24) is 14.2 Å². The third-order valence-electron chi connectivity index (χ3n) is 5.95. The molecule has 0 radical (unpaired) electrons. The second-order valence-electron chi connectivity index (χ2n) is 7.87. The minimum Gasteiger partial charge on any atom is -0.365 e. The summed E-state index contributed by atoms with van der Waals surface area (Å²) in [5.41, 5.74) is 0.335. The SMILES string of the molecule is O=C(c1ccccn1)N1C[C@H]2C[C@H]3[C@](C1)(CN(Cc1ccc(Cl)cc1)S3(=O)=O)O2. The Morgan fingerprint density at radius 1 is 1.21 bits per heavy atom. The second kappa shape index (κ2) is 6.77. The first-order valence-corrected chi connectivity index (χ1v) is 11.4. The van der Waals surface area contributed by atoms with Crippen molar-refractivity contribution in [3.63, 3.8) is 0 Å². The number of halogens is 1. The highest BCUT2D eigenvalue weighted by molar-refractivity contribution is 7.90. The standard InChI is InChI=1S/C20H20ClN3O4S/c21-15-6-4-14(5-7-15)10-24-13-20-12-23(19(25)17-3-1-2-8-22-17)11-16(28-20)9-18(20)29(24,26)27/h1-8,16,18H,9-13H2/t16-,18+,20+/m1/s1. The molecule has 3 atom stereocenters. The van der Waals surface area contributed by atoms with Gasteiger partial charge >= 0.3 is 0 Å². The number of hydrogen-bond acceptors (Lipinski definition) is 5. The van der Waals surface area contributed by atoms with Gasteiger partial charge in [0.1, 0.15) is 16.5 Å². The molecular formula is C20H20ClN3O4S. The zero-order valence-electron chi connectivity index (χ0n) is 15.6. The van der Waals surface area contributed by atoms with Crippen LogP contribution in [0.5, 0.6) is 0 Å². The molecule has 7 nitrogen and oxygen atoms in total. The molecular weight excluding hydrogens is 414 g/mol. The van der Waals surface area contributed by atoms with E-state index in [9.17, 15) is 13.2 Å². The number of fused-ring (bicyclic) bond motifs is 1. The van der Waals surface area contributed by atoms with Gasteiger partial charge in [0.05, 0.1) is 12.6 Å². The van der Waals surface area contributed by atoms with E-state index in [4.69, 9.17) is 16.3 Å². The monoisotopic (exact) mass is 433 g/mol. The third-order valence-corrected chi connectivity index (χ3v) is 8.53. The first-order chi connectivity index (χ1) is 13.9. The van der Waals surface area contributed by atoms with E-state index in [2.05, 4.69) is 4.98 Å². The number of hydrogen-bond donors (Lipinski definition) is 0. The summed E-state index contributed by atoms with van der Waals surface area (Å²) < 4.78 is 34.1. The summed E-state index contributed by atoms with van der Waals surface area (Å²) in [7, 11) is -3.53. The number of likely N-dealkylation sites (tertiary alicyclic amines) is 1. The van der Waals surface area contributed by atoms with Crippen molar-refractivity contribution >= 4 is 27.5 Å². The van der Waals surface area contributed by atoms with Gasteiger partial charge in [0, 0.05) is 30.9 Å². The molecule has 1 spiro atoms. The first kappa shape index (κ1) is 19.0. The van der Waals surface area contributed by atoms with Crippen LogP contribution >= 0.6 is 11.6 Å².